The molecule has 2 aliphatic rings. The Hall–Kier alpha value is -2.11. The van der Waals surface area contributed by atoms with Crippen LogP contribution in [0.25, 0.3) is 0 Å². The van der Waals surface area contributed by atoms with Crippen LogP contribution in [0.4, 0.5) is 4.39 Å². The van der Waals surface area contributed by atoms with Crippen LogP contribution in [0.2, 0.25) is 0 Å². The lowest BCUT2D eigenvalue weighted by Gasteiger charge is -2.44. The highest BCUT2D eigenvalue weighted by atomic mass is 19.1. The third-order valence-electron chi connectivity index (χ3n) is 6.01. The van der Waals surface area contributed by atoms with Gasteiger partial charge in [-0.25, -0.2) is 4.39 Å². The highest BCUT2D eigenvalue weighted by Gasteiger charge is 2.49. The van der Waals surface area contributed by atoms with Crippen molar-refractivity contribution in [3.05, 3.63) is 59.4 Å². The van der Waals surface area contributed by atoms with Crippen LogP contribution in [0.3, 0.4) is 0 Å². The monoisotopic (exact) mass is 371 g/mol. The first-order valence-electron chi connectivity index (χ1n) is 9.68. The summed E-state index contributed by atoms with van der Waals surface area (Å²) in [5, 5.41) is 21.5. The first-order valence-corrected chi connectivity index (χ1v) is 9.68. The number of hydrogen-bond acceptors (Lipinski definition) is 4. The van der Waals surface area contributed by atoms with Crippen molar-refractivity contribution >= 4 is 0 Å². The molecule has 4 nitrogen and oxygen atoms in total. The van der Waals surface area contributed by atoms with E-state index in [1.165, 1.54) is 6.07 Å². The maximum Gasteiger partial charge on any atom is 0.129 e. The maximum absolute atomic E-state index is 14.3. The van der Waals surface area contributed by atoms with Gasteiger partial charge in [-0.15, -0.1) is 0 Å². The number of benzene rings is 2. The van der Waals surface area contributed by atoms with Gasteiger partial charge in [0, 0.05) is 29.8 Å². The molecule has 2 aromatic rings. The van der Waals surface area contributed by atoms with Gasteiger partial charge in [-0.2, -0.15) is 0 Å². The van der Waals surface area contributed by atoms with Gasteiger partial charge in [-0.3, -0.25) is 4.90 Å². The summed E-state index contributed by atoms with van der Waals surface area (Å²) in [5.41, 5.74) is 0.111. The van der Waals surface area contributed by atoms with Gasteiger partial charge in [0.05, 0.1) is 12.2 Å². The molecule has 4 rings (SSSR count). The molecule has 2 aromatic carbocycles. The summed E-state index contributed by atoms with van der Waals surface area (Å²) in [6.07, 6.45) is 2.98. The van der Waals surface area contributed by atoms with E-state index in [4.69, 9.17) is 4.74 Å². The predicted molar refractivity (Wildman–Crippen MR) is 101 cm³/mol. The summed E-state index contributed by atoms with van der Waals surface area (Å²) in [6.45, 7) is 3.12. The Morgan fingerprint density at radius 3 is 2.52 bits per heavy atom. The quantitative estimate of drug-likeness (QED) is 0.836. The lowest BCUT2D eigenvalue weighted by molar-refractivity contribution is -0.0616. The lowest BCUT2D eigenvalue weighted by atomic mass is 9.80. The number of rotatable bonds is 5. The second kappa shape index (κ2) is 7.13. The molecule has 2 fully saturated rings. The van der Waals surface area contributed by atoms with E-state index in [0.717, 1.165) is 24.2 Å². The molecule has 0 radical (unpaired) electrons. The van der Waals surface area contributed by atoms with Crippen molar-refractivity contribution in [3.8, 4) is 11.5 Å². The summed E-state index contributed by atoms with van der Waals surface area (Å²) in [6, 6.07) is 12.2. The zero-order valence-corrected chi connectivity index (χ0v) is 15.6. The van der Waals surface area contributed by atoms with Crippen molar-refractivity contribution in [1.29, 1.82) is 0 Å². The van der Waals surface area contributed by atoms with E-state index in [2.05, 4.69) is 4.90 Å². The van der Waals surface area contributed by atoms with E-state index in [1.54, 1.807) is 30.3 Å². The van der Waals surface area contributed by atoms with Gasteiger partial charge in [0.25, 0.3) is 0 Å². The van der Waals surface area contributed by atoms with Crippen LogP contribution in [0.5, 0.6) is 11.5 Å². The van der Waals surface area contributed by atoms with Crippen molar-refractivity contribution in [3.63, 3.8) is 0 Å². The highest BCUT2D eigenvalue weighted by molar-refractivity contribution is 5.39. The first-order chi connectivity index (χ1) is 13.0. The molecule has 2 saturated heterocycles. The molecule has 0 spiro atoms. The van der Waals surface area contributed by atoms with Crippen LogP contribution in [0, 0.1) is 5.82 Å². The van der Waals surface area contributed by atoms with E-state index in [1.807, 2.05) is 13.0 Å². The van der Waals surface area contributed by atoms with Crippen LogP contribution in [-0.2, 0) is 12.1 Å². The summed E-state index contributed by atoms with van der Waals surface area (Å²) in [7, 11) is 0. The Morgan fingerprint density at radius 1 is 1.15 bits per heavy atom. The molecular weight excluding hydrogens is 345 g/mol. The van der Waals surface area contributed by atoms with E-state index in [9.17, 15) is 14.6 Å². The van der Waals surface area contributed by atoms with Crippen LogP contribution in [0.15, 0.2) is 42.5 Å². The minimum absolute atomic E-state index is 0.170. The fourth-order valence-corrected chi connectivity index (χ4v) is 4.77. The Bertz CT molecular complexity index is 811. The molecule has 0 unspecified atom stereocenters. The maximum atomic E-state index is 14.3. The third kappa shape index (κ3) is 3.42. The first kappa shape index (κ1) is 18.3. The van der Waals surface area contributed by atoms with Crippen molar-refractivity contribution in [2.45, 2.75) is 56.8 Å². The SMILES string of the molecule is CCOc1ccc(O)c(CN2[C@@H]3CC[C@@H]2CC(O)(c2ccccc2F)C3)c1. The van der Waals surface area contributed by atoms with Crippen LogP contribution in [-0.4, -0.2) is 33.8 Å². The largest absolute Gasteiger partial charge is 0.508 e. The number of phenolic OH excluding ortho intramolecular Hbond substituents is 1. The van der Waals surface area contributed by atoms with Gasteiger partial charge in [0.15, 0.2) is 0 Å². The smallest absolute Gasteiger partial charge is 0.129 e. The summed E-state index contributed by atoms with van der Waals surface area (Å²) in [5.74, 6) is 0.667. The highest BCUT2D eigenvalue weighted by Crippen LogP contribution is 2.47. The molecule has 2 bridgehead atoms. The molecule has 2 heterocycles. The number of hydrogen-bond donors (Lipinski definition) is 2. The van der Waals surface area contributed by atoms with E-state index in [0.29, 0.717) is 31.6 Å². The number of piperidine rings is 1. The van der Waals surface area contributed by atoms with Crippen LogP contribution in [0.1, 0.15) is 43.7 Å². The molecular formula is C22H26FNO3. The number of phenols is 1. The lowest BCUT2D eigenvalue weighted by Crippen LogP contribution is -2.49. The van der Waals surface area contributed by atoms with Crippen molar-refractivity contribution in [1.82, 2.24) is 4.90 Å². The van der Waals surface area contributed by atoms with Gasteiger partial charge in [0.1, 0.15) is 17.3 Å². The zero-order valence-electron chi connectivity index (χ0n) is 15.6. The van der Waals surface area contributed by atoms with Crippen molar-refractivity contribution < 1.29 is 19.3 Å². The van der Waals surface area contributed by atoms with Gasteiger partial charge in [0.2, 0.25) is 0 Å². The number of halogens is 1. The van der Waals surface area contributed by atoms with Crippen LogP contribution >= 0.6 is 0 Å². The molecule has 0 saturated carbocycles. The molecule has 2 N–H and O–H groups in total. The molecule has 144 valence electrons. The van der Waals surface area contributed by atoms with Gasteiger partial charge in [-0.05, 0) is 56.9 Å². The predicted octanol–water partition coefficient (Wildman–Crippen LogP) is 3.94. The zero-order chi connectivity index (χ0) is 19.0. The second-order valence-corrected chi connectivity index (χ2v) is 7.70. The average Bonchev–Trinajstić information content (AvgIpc) is 2.89. The van der Waals surface area contributed by atoms with E-state index < -0.39 is 5.60 Å². The molecule has 27 heavy (non-hydrogen) atoms. The minimum atomic E-state index is -1.12. The summed E-state index contributed by atoms with van der Waals surface area (Å²) in [4.78, 5) is 2.35. The van der Waals surface area contributed by atoms with Gasteiger partial charge >= 0.3 is 0 Å². The Balaban J connectivity index is 1.55. The number of fused-ring (bicyclic) bond motifs is 2. The summed E-state index contributed by atoms with van der Waals surface area (Å²) < 4.78 is 19.8. The van der Waals surface area contributed by atoms with Gasteiger partial charge in [-0.1, -0.05) is 18.2 Å². The number of nitrogens with zero attached hydrogens (tertiary/aromatic N) is 1. The number of ether oxygens (including phenoxy) is 1. The fourth-order valence-electron chi connectivity index (χ4n) is 4.77. The Labute approximate surface area is 159 Å². The average molecular weight is 371 g/mol. The van der Waals surface area contributed by atoms with E-state index in [-0.39, 0.29) is 23.7 Å². The third-order valence-corrected chi connectivity index (χ3v) is 6.01. The molecule has 2 aliphatic heterocycles. The molecule has 0 amide bonds. The molecule has 0 aliphatic carbocycles. The molecule has 2 atom stereocenters. The second-order valence-electron chi connectivity index (χ2n) is 7.70. The number of aromatic hydroxyl groups is 1. The van der Waals surface area contributed by atoms with Crippen molar-refractivity contribution in [2.75, 3.05) is 6.61 Å². The topological polar surface area (TPSA) is 52.9 Å². The molecule has 0 aromatic heterocycles. The molecule has 5 heteroatoms. The summed E-state index contributed by atoms with van der Waals surface area (Å²) >= 11 is 0. The van der Waals surface area contributed by atoms with E-state index >= 15 is 0 Å². The normalized spacial score (nSPS) is 27.7. The standard InChI is InChI=1S/C22H26FNO3/c1-2-27-18-9-10-21(25)15(11-18)14-24-16-7-8-17(24)13-22(26,12-16)19-5-3-4-6-20(19)23/h3-6,9-11,16-17,25-26H,2,7-8,12-14H2,1H3/t16-,17-/m1/s1. The fraction of sp³-hybridized carbons (Fsp3) is 0.455. The number of aliphatic hydroxyl groups is 1. The minimum Gasteiger partial charge on any atom is -0.508 e. The van der Waals surface area contributed by atoms with Gasteiger partial charge < -0.3 is 14.9 Å². The van der Waals surface area contributed by atoms with Crippen molar-refractivity contribution in [2.24, 2.45) is 0 Å². The Kier molecular flexibility index (Phi) is 4.82. The van der Waals surface area contributed by atoms with Crippen LogP contribution < -0.4 is 4.74 Å². The Morgan fingerprint density at radius 2 is 1.85 bits per heavy atom.